The lowest BCUT2D eigenvalue weighted by Gasteiger charge is -2.08. The minimum Gasteiger partial charge on any atom is -0.497 e. The Bertz CT molecular complexity index is 1490. The molecule has 0 bridgehead atoms. The van der Waals surface area contributed by atoms with Crippen LogP contribution in [-0.2, 0) is 6.54 Å². The second-order valence-electron chi connectivity index (χ2n) is 7.37. The number of nitrogens with zero attached hydrogens (tertiary/aromatic N) is 5. The van der Waals surface area contributed by atoms with E-state index in [2.05, 4.69) is 20.4 Å². The number of ether oxygens (including phenoxy) is 1. The SMILES string of the molecule is COc1ccc(-n2nccc2-c2nc(C(=O)NCc3ccc(F)c(F)c3)c3cnccn23)cc1. The zero-order chi connectivity index (χ0) is 23.7. The van der Waals surface area contributed by atoms with Crippen molar-refractivity contribution >= 4 is 11.4 Å². The fourth-order valence-electron chi connectivity index (χ4n) is 3.60. The highest BCUT2D eigenvalue weighted by Gasteiger charge is 2.21. The van der Waals surface area contributed by atoms with Gasteiger partial charge >= 0.3 is 0 Å². The predicted octanol–water partition coefficient (Wildman–Crippen LogP) is 3.80. The Balaban J connectivity index is 1.49. The summed E-state index contributed by atoms with van der Waals surface area (Å²) < 4.78 is 35.3. The van der Waals surface area contributed by atoms with E-state index in [1.165, 1.54) is 12.3 Å². The smallest absolute Gasteiger partial charge is 0.272 e. The molecule has 2 aromatic carbocycles. The average Bonchev–Trinajstić information content (AvgIpc) is 3.49. The standard InChI is InChI=1S/C24H18F2N6O2/c1-34-17-5-3-16(4-6-17)32-20(8-9-29-32)23-30-22(21-14-27-10-11-31(21)23)24(33)28-13-15-2-7-18(25)19(26)12-15/h2-12,14H,13H2,1H3,(H,28,33). The Morgan fingerprint density at radius 1 is 1.06 bits per heavy atom. The van der Waals surface area contributed by atoms with Gasteiger partial charge in [-0.2, -0.15) is 5.10 Å². The molecule has 3 heterocycles. The van der Waals surface area contributed by atoms with E-state index >= 15 is 0 Å². The van der Waals surface area contributed by atoms with E-state index in [0.717, 1.165) is 23.6 Å². The maximum absolute atomic E-state index is 13.5. The summed E-state index contributed by atoms with van der Waals surface area (Å²) in [5.41, 5.74) is 2.50. The summed E-state index contributed by atoms with van der Waals surface area (Å²) in [6.07, 6.45) is 6.48. The number of aromatic nitrogens is 5. The van der Waals surface area contributed by atoms with Gasteiger partial charge in [0.15, 0.2) is 23.2 Å². The van der Waals surface area contributed by atoms with Crippen LogP contribution in [0.4, 0.5) is 8.78 Å². The van der Waals surface area contributed by atoms with Gasteiger partial charge in [-0.3, -0.25) is 14.2 Å². The lowest BCUT2D eigenvalue weighted by molar-refractivity contribution is 0.0948. The van der Waals surface area contributed by atoms with E-state index in [-0.39, 0.29) is 12.2 Å². The molecule has 0 saturated heterocycles. The van der Waals surface area contributed by atoms with E-state index in [0.29, 0.717) is 22.6 Å². The van der Waals surface area contributed by atoms with Gasteiger partial charge in [-0.05, 0) is 48.0 Å². The molecule has 3 aromatic heterocycles. The van der Waals surface area contributed by atoms with Gasteiger partial charge < -0.3 is 10.1 Å². The maximum Gasteiger partial charge on any atom is 0.272 e. The van der Waals surface area contributed by atoms with Gasteiger partial charge in [0, 0.05) is 18.9 Å². The normalized spacial score (nSPS) is 11.0. The lowest BCUT2D eigenvalue weighted by atomic mass is 10.2. The number of carbonyl (C=O) groups is 1. The molecule has 8 nitrogen and oxygen atoms in total. The van der Waals surface area contributed by atoms with Crippen molar-refractivity contribution in [3.8, 4) is 23.0 Å². The summed E-state index contributed by atoms with van der Waals surface area (Å²) in [5, 5.41) is 7.11. The Kier molecular flexibility index (Phi) is 5.46. The Morgan fingerprint density at radius 2 is 1.88 bits per heavy atom. The number of methoxy groups -OCH3 is 1. The van der Waals surface area contributed by atoms with E-state index in [1.54, 1.807) is 40.8 Å². The topological polar surface area (TPSA) is 86.3 Å². The van der Waals surface area contributed by atoms with Crippen LogP contribution in [0.1, 0.15) is 16.1 Å². The molecule has 5 rings (SSSR count). The molecule has 170 valence electrons. The quantitative estimate of drug-likeness (QED) is 0.417. The second-order valence-corrected chi connectivity index (χ2v) is 7.37. The Morgan fingerprint density at radius 3 is 2.65 bits per heavy atom. The summed E-state index contributed by atoms with van der Waals surface area (Å²) in [4.78, 5) is 21.7. The van der Waals surface area contributed by atoms with E-state index in [4.69, 9.17) is 4.74 Å². The van der Waals surface area contributed by atoms with Crippen LogP contribution in [0.5, 0.6) is 5.75 Å². The highest BCUT2D eigenvalue weighted by molar-refractivity contribution is 5.99. The second kappa shape index (κ2) is 8.74. The van der Waals surface area contributed by atoms with Crippen molar-refractivity contribution in [2.24, 2.45) is 0 Å². The number of fused-ring (bicyclic) bond motifs is 1. The zero-order valence-corrected chi connectivity index (χ0v) is 17.9. The third-order valence-electron chi connectivity index (χ3n) is 5.29. The summed E-state index contributed by atoms with van der Waals surface area (Å²) in [5.74, 6) is -1.19. The van der Waals surface area contributed by atoms with Crippen LogP contribution < -0.4 is 10.1 Å². The number of hydrogen-bond donors (Lipinski definition) is 1. The number of halogens is 2. The molecule has 5 aromatic rings. The lowest BCUT2D eigenvalue weighted by Crippen LogP contribution is -2.23. The first-order chi connectivity index (χ1) is 16.5. The monoisotopic (exact) mass is 460 g/mol. The Hall–Kier alpha value is -4.60. The molecule has 1 amide bonds. The number of carbonyl (C=O) groups excluding carboxylic acids is 1. The van der Waals surface area contributed by atoms with Gasteiger partial charge in [0.1, 0.15) is 11.4 Å². The zero-order valence-electron chi connectivity index (χ0n) is 17.9. The molecule has 0 unspecified atom stereocenters. The summed E-state index contributed by atoms with van der Waals surface area (Å²) in [6.45, 7) is 0.00836. The molecule has 0 saturated carbocycles. The number of rotatable bonds is 6. The van der Waals surface area contributed by atoms with Crippen molar-refractivity contribution in [3.05, 3.63) is 96.2 Å². The molecule has 0 atom stereocenters. The largest absolute Gasteiger partial charge is 0.497 e. The van der Waals surface area contributed by atoms with Crippen LogP contribution >= 0.6 is 0 Å². The molecular weight excluding hydrogens is 442 g/mol. The maximum atomic E-state index is 13.5. The molecule has 0 spiro atoms. The third-order valence-corrected chi connectivity index (χ3v) is 5.29. The first-order valence-electron chi connectivity index (χ1n) is 10.3. The van der Waals surface area contributed by atoms with Crippen molar-refractivity contribution in [3.63, 3.8) is 0 Å². The fraction of sp³-hybridized carbons (Fsp3) is 0.0833. The fourth-order valence-corrected chi connectivity index (χ4v) is 3.60. The van der Waals surface area contributed by atoms with Crippen molar-refractivity contribution in [2.75, 3.05) is 7.11 Å². The highest BCUT2D eigenvalue weighted by Crippen LogP contribution is 2.25. The van der Waals surface area contributed by atoms with Crippen LogP contribution in [0, 0.1) is 11.6 Å². The summed E-state index contributed by atoms with van der Waals surface area (Å²) in [6, 6.07) is 12.6. The van der Waals surface area contributed by atoms with Gasteiger partial charge in [0.2, 0.25) is 0 Å². The van der Waals surface area contributed by atoms with Gasteiger partial charge in [-0.15, -0.1) is 0 Å². The number of benzene rings is 2. The van der Waals surface area contributed by atoms with Gasteiger partial charge in [-0.25, -0.2) is 18.4 Å². The molecular formula is C24H18F2N6O2. The van der Waals surface area contributed by atoms with E-state index in [1.807, 2.05) is 24.3 Å². The minimum atomic E-state index is -0.975. The first kappa shape index (κ1) is 21.3. The molecule has 34 heavy (non-hydrogen) atoms. The van der Waals surface area contributed by atoms with Crippen molar-refractivity contribution in [2.45, 2.75) is 6.54 Å². The highest BCUT2D eigenvalue weighted by atomic mass is 19.2. The number of imidazole rings is 1. The van der Waals surface area contributed by atoms with Gasteiger partial charge in [0.05, 0.1) is 30.7 Å². The minimum absolute atomic E-state index is 0.00836. The third kappa shape index (κ3) is 3.85. The van der Waals surface area contributed by atoms with Crippen molar-refractivity contribution in [1.82, 2.24) is 29.5 Å². The van der Waals surface area contributed by atoms with Crippen LogP contribution in [0.2, 0.25) is 0 Å². The van der Waals surface area contributed by atoms with Crippen molar-refractivity contribution < 1.29 is 18.3 Å². The van der Waals surface area contributed by atoms with E-state index < -0.39 is 17.5 Å². The molecule has 10 heteroatoms. The predicted molar refractivity (Wildman–Crippen MR) is 120 cm³/mol. The molecule has 0 aliphatic heterocycles. The van der Waals surface area contributed by atoms with Crippen LogP contribution in [-0.4, -0.2) is 37.2 Å². The van der Waals surface area contributed by atoms with Gasteiger partial charge in [0.25, 0.3) is 5.91 Å². The van der Waals surface area contributed by atoms with Gasteiger partial charge in [-0.1, -0.05) is 6.07 Å². The Labute approximate surface area is 192 Å². The molecule has 1 N–H and O–H groups in total. The van der Waals surface area contributed by atoms with Crippen molar-refractivity contribution in [1.29, 1.82) is 0 Å². The van der Waals surface area contributed by atoms with E-state index in [9.17, 15) is 13.6 Å². The molecule has 0 aliphatic rings. The summed E-state index contributed by atoms with van der Waals surface area (Å²) in [7, 11) is 1.60. The summed E-state index contributed by atoms with van der Waals surface area (Å²) >= 11 is 0. The van der Waals surface area contributed by atoms with Crippen LogP contribution in [0.15, 0.2) is 73.3 Å². The molecule has 0 fully saturated rings. The van der Waals surface area contributed by atoms with Crippen LogP contribution in [0.25, 0.3) is 22.7 Å². The van der Waals surface area contributed by atoms with Crippen LogP contribution in [0.3, 0.4) is 0 Å². The number of hydrogen-bond acceptors (Lipinski definition) is 5. The average molecular weight is 460 g/mol. The number of amides is 1. The molecule has 0 radical (unpaired) electrons. The molecule has 0 aliphatic carbocycles. The number of nitrogens with one attached hydrogen (secondary N) is 1. The first-order valence-corrected chi connectivity index (χ1v) is 10.3.